The van der Waals surface area contributed by atoms with Gasteiger partial charge >= 0.3 is 0 Å². The topological polar surface area (TPSA) is 64.9 Å². The van der Waals surface area contributed by atoms with E-state index in [1.165, 1.54) is 29.7 Å². The smallest absolute Gasteiger partial charge is 0.0723 e. The van der Waals surface area contributed by atoms with Gasteiger partial charge in [0.25, 0.3) is 0 Å². The van der Waals surface area contributed by atoms with Crippen molar-refractivity contribution < 1.29 is 0 Å². The first-order valence-corrected chi connectivity index (χ1v) is 7.15. The van der Waals surface area contributed by atoms with Gasteiger partial charge in [0, 0.05) is 28.7 Å². The number of benzene rings is 1. The van der Waals surface area contributed by atoms with E-state index >= 15 is 0 Å². The molecule has 0 spiro atoms. The SMILES string of the molecule is NCC(N)c1c2c(nc3cc(Cl)ccc13)CCCC2. The molecule has 1 aromatic carbocycles. The second kappa shape index (κ2) is 5.08. The summed E-state index contributed by atoms with van der Waals surface area (Å²) in [6.45, 7) is 0.453. The number of nitrogens with two attached hydrogens (primary N) is 2. The zero-order valence-electron chi connectivity index (χ0n) is 10.8. The van der Waals surface area contributed by atoms with E-state index in [9.17, 15) is 0 Å². The maximum Gasteiger partial charge on any atom is 0.0723 e. The van der Waals surface area contributed by atoms with Crippen molar-refractivity contribution in [2.24, 2.45) is 11.5 Å². The van der Waals surface area contributed by atoms with Gasteiger partial charge in [0.05, 0.1) is 5.52 Å². The molecule has 0 saturated heterocycles. The third-order valence-corrected chi connectivity index (χ3v) is 4.13. The van der Waals surface area contributed by atoms with E-state index in [4.69, 9.17) is 28.1 Å². The van der Waals surface area contributed by atoms with Crippen LogP contribution in [0.1, 0.15) is 35.7 Å². The van der Waals surface area contributed by atoms with E-state index in [0.29, 0.717) is 11.6 Å². The summed E-state index contributed by atoms with van der Waals surface area (Å²) >= 11 is 6.07. The Morgan fingerprint density at radius 2 is 2.05 bits per heavy atom. The molecule has 1 aromatic heterocycles. The summed E-state index contributed by atoms with van der Waals surface area (Å²) < 4.78 is 0. The molecule has 0 saturated carbocycles. The molecule has 0 amide bonds. The highest BCUT2D eigenvalue weighted by molar-refractivity contribution is 6.31. The molecule has 2 aromatic rings. The van der Waals surface area contributed by atoms with Gasteiger partial charge in [0.15, 0.2) is 0 Å². The monoisotopic (exact) mass is 275 g/mol. The molecular formula is C15H18ClN3. The number of rotatable bonds is 2. The van der Waals surface area contributed by atoms with Crippen molar-refractivity contribution in [3.63, 3.8) is 0 Å². The minimum absolute atomic E-state index is 0.126. The predicted molar refractivity (Wildman–Crippen MR) is 79.4 cm³/mol. The Hall–Kier alpha value is -1.16. The van der Waals surface area contributed by atoms with Crippen LogP contribution in [0.5, 0.6) is 0 Å². The van der Waals surface area contributed by atoms with E-state index in [1.807, 2.05) is 18.2 Å². The lowest BCUT2D eigenvalue weighted by molar-refractivity contribution is 0.646. The summed E-state index contributed by atoms with van der Waals surface area (Å²) in [6, 6.07) is 5.70. The molecule has 1 aliphatic rings. The Kier molecular flexibility index (Phi) is 3.44. The summed E-state index contributed by atoms with van der Waals surface area (Å²) in [5, 5.41) is 1.81. The lowest BCUT2D eigenvalue weighted by atomic mass is 9.87. The number of nitrogens with zero attached hydrogens (tertiary/aromatic N) is 1. The van der Waals surface area contributed by atoms with Gasteiger partial charge in [0.1, 0.15) is 0 Å². The number of pyridine rings is 1. The number of hydrogen-bond donors (Lipinski definition) is 2. The lowest BCUT2D eigenvalue weighted by Crippen LogP contribution is -2.24. The van der Waals surface area contributed by atoms with Gasteiger partial charge in [-0.15, -0.1) is 0 Å². The zero-order chi connectivity index (χ0) is 13.4. The largest absolute Gasteiger partial charge is 0.329 e. The van der Waals surface area contributed by atoms with Crippen LogP contribution in [0, 0.1) is 0 Å². The van der Waals surface area contributed by atoms with Crippen molar-refractivity contribution in [1.29, 1.82) is 0 Å². The fraction of sp³-hybridized carbons (Fsp3) is 0.400. The molecule has 3 nitrogen and oxygen atoms in total. The molecule has 4 heteroatoms. The highest BCUT2D eigenvalue weighted by Crippen LogP contribution is 2.33. The second-order valence-electron chi connectivity index (χ2n) is 5.16. The molecule has 19 heavy (non-hydrogen) atoms. The third kappa shape index (κ3) is 2.22. The predicted octanol–water partition coefficient (Wildman–Crippen LogP) is 2.73. The maximum atomic E-state index is 6.24. The van der Waals surface area contributed by atoms with Gasteiger partial charge in [-0.3, -0.25) is 4.98 Å². The molecular weight excluding hydrogens is 258 g/mol. The van der Waals surface area contributed by atoms with Crippen LogP contribution in [0.2, 0.25) is 5.02 Å². The molecule has 0 bridgehead atoms. The fourth-order valence-electron chi connectivity index (χ4n) is 2.98. The van der Waals surface area contributed by atoms with E-state index < -0.39 is 0 Å². The van der Waals surface area contributed by atoms with Crippen LogP contribution >= 0.6 is 11.6 Å². The molecule has 1 aliphatic carbocycles. The van der Waals surface area contributed by atoms with Crippen molar-refractivity contribution in [3.05, 3.63) is 40.0 Å². The standard InChI is InChI=1S/C15H18ClN3/c16-9-5-6-11-14(7-9)19-13-4-2-1-3-10(13)15(11)12(18)8-17/h5-7,12H,1-4,8,17-18H2. The number of aromatic nitrogens is 1. The van der Waals surface area contributed by atoms with Crippen molar-refractivity contribution in [2.45, 2.75) is 31.7 Å². The first-order chi connectivity index (χ1) is 9.20. The summed E-state index contributed by atoms with van der Waals surface area (Å²) in [6.07, 6.45) is 4.49. The second-order valence-corrected chi connectivity index (χ2v) is 5.60. The summed E-state index contributed by atoms with van der Waals surface area (Å²) in [4.78, 5) is 4.77. The summed E-state index contributed by atoms with van der Waals surface area (Å²) in [5.41, 5.74) is 16.6. The average molecular weight is 276 g/mol. The Bertz CT molecular complexity index is 624. The molecule has 1 atom stereocenters. The molecule has 100 valence electrons. The van der Waals surface area contributed by atoms with Crippen LogP contribution in [0.15, 0.2) is 18.2 Å². The number of fused-ring (bicyclic) bond motifs is 2. The van der Waals surface area contributed by atoms with Crippen LogP contribution in [0.25, 0.3) is 10.9 Å². The van der Waals surface area contributed by atoms with Gasteiger partial charge in [-0.25, -0.2) is 0 Å². The Labute approximate surface area is 117 Å². The summed E-state index contributed by atoms with van der Waals surface area (Å²) in [7, 11) is 0. The third-order valence-electron chi connectivity index (χ3n) is 3.89. The molecule has 0 aliphatic heterocycles. The molecule has 1 heterocycles. The minimum Gasteiger partial charge on any atom is -0.329 e. The van der Waals surface area contributed by atoms with Crippen molar-refractivity contribution in [3.8, 4) is 0 Å². The van der Waals surface area contributed by atoms with Gasteiger partial charge in [-0.2, -0.15) is 0 Å². The van der Waals surface area contributed by atoms with Crippen LogP contribution in [-0.4, -0.2) is 11.5 Å². The minimum atomic E-state index is -0.126. The maximum absolute atomic E-state index is 6.24. The lowest BCUT2D eigenvalue weighted by Gasteiger charge is -2.23. The average Bonchev–Trinajstić information content (AvgIpc) is 2.43. The van der Waals surface area contributed by atoms with Crippen LogP contribution in [-0.2, 0) is 12.8 Å². The van der Waals surface area contributed by atoms with Crippen molar-refractivity contribution in [2.75, 3.05) is 6.54 Å². The summed E-state index contributed by atoms with van der Waals surface area (Å²) in [5.74, 6) is 0. The Morgan fingerprint density at radius 3 is 2.84 bits per heavy atom. The van der Waals surface area contributed by atoms with Crippen LogP contribution in [0.4, 0.5) is 0 Å². The number of hydrogen-bond acceptors (Lipinski definition) is 3. The Morgan fingerprint density at radius 1 is 1.26 bits per heavy atom. The normalized spacial score (nSPS) is 16.4. The Balaban J connectivity index is 2.33. The number of aryl methyl sites for hydroxylation is 1. The van der Waals surface area contributed by atoms with E-state index in [-0.39, 0.29) is 6.04 Å². The first kappa shape index (κ1) is 12.9. The zero-order valence-corrected chi connectivity index (χ0v) is 11.6. The van der Waals surface area contributed by atoms with Gasteiger partial charge in [-0.1, -0.05) is 17.7 Å². The van der Waals surface area contributed by atoms with E-state index in [1.54, 1.807) is 0 Å². The quantitative estimate of drug-likeness (QED) is 0.886. The van der Waals surface area contributed by atoms with Crippen molar-refractivity contribution in [1.82, 2.24) is 4.98 Å². The van der Waals surface area contributed by atoms with Gasteiger partial charge in [-0.05, 0) is 48.9 Å². The molecule has 3 rings (SSSR count). The first-order valence-electron chi connectivity index (χ1n) is 6.77. The molecule has 0 radical (unpaired) electrons. The van der Waals surface area contributed by atoms with Gasteiger partial charge in [0.2, 0.25) is 0 Å². The van der Waals surface area contributed by atoms with E-state index in [2.05, 4.69) is 0 Å². The van der Waals surface area contributed by atoms with Crippen molar-refractivity contribution >= 4 is 22.5 Å². The molecule has 1 unspecified atom stereocenters. The molecule has 0 fully saturated rings. The number of halogens is 1. The highest BCUT2D eigenvalue weighted by atomic mass is 35.5. The molecule has 4 N–H and O–H groups in total. The van der Waals surface area contributed by atoms with Gasteiger partial charge < -0.3 is 11.5 Å². The fourth-order valence-corrected chi connectivity index (χ4v) is 3.14. The van der Waals surface area contributed by atoms with Crippen LogP contribution in [0.3, 0.4) is 0 Å². The van der Waals surface area contributed by atoms with Crippen LogP contribution < -0.4 is 11.5 Å². The van der Waals surface area contributed by atoms with E-state index in [0.717, 1.165) is 23.7 Å². The highest BCUT2D eigenvalue weighted by Gasteiger charge is 2.21.